The van der Waals surface area contributed by atoms with Gasteiger partial charge >= 0.3 is 0 Å². The predicted octanol–water partition coefficient (Wildman–Crippen LogP) is 2.65. The van der Waals surface area contributed by atoms with E-state index in [2.05, 4.69) is 6.92 Å². The first-order valence-electron chi connectivity index (χ1n) is 5.43. The van der Waals surface area contributed by atoms with Gasteiger partial charge < -0.3 is 4.90 Å². The normalized spacial score (nSPS) is 29.7. The highest BCUT2D eigenvalue weighted by molar-refractivity contribution is 6.30. The Morgan fingerprint density at radius 3 is 2.29 bits per heavy atom. The number of rotatable bonds is 2. The van der Waals surface area contributed by atoms with Crippen molar-refractivity contribution in [2.45, 2.75) is 50.9 Å². The number of halogens is 1. The number of carbonyl (C=O) groups is 1. The molecule has 0 aromatic carbocycles. The van der Waals surface area contributed by atoms with Crippen LogP contribution in [0.15, 0.2) is 0 Å². The summed E-state index contributed by atoms with van der Waals surface area (Å²) in [5.74, 6) is 0.884. The number of nitrogens with zero attached hydrogens (tertiary/aromatic N) is 1. The van der Waals surface area contributed by atoms with Crippen LogP contribution in [0.5, 0.6) is 0 Å². The van der Waals surface area contributed by atoms with Gasteiger partial charge in [-0.1, -0.05) is 6.92 Å². The first-order valence-corrected chi connectivity index (χ1v) is 5.86. The summed E-state index contributed by atoms with van der Waals surface area (Å²) in [6.07, 6.45) is 4.73. The van der Waals surface area contributed by atoms with Crippen molar-refractivity contribution in [3.63, 3.8) is 0 Å². The molecule has 1 rings (SSSR count). The van der Waals surface area contributed by atoms with Crippen molar-refractivity contribution in [1.82, 2.24) is 4.90 Å². The maximum absolute atomic E-state index is 11.6. The third kappa shape index (κ3) is 2.88. The van der Waals surface area contributed by atoms with Gasteiger partial charge in [0.15, 0.2) is 0 Å². The Bertz CT molecular complexity index is 197. The molecule has 1 unspecified atom stereocenters. The fourth-order valence-corrected chi connectivity index (χ4v) is 2.24. The summed E-state index contributed by atoms with van der Waals surface area (Å²) in [5, 5.41) is -0.389. The molecule has 1 aliphatic carbocycles. The molecule has 1 amide bonds. The Morgan fingerprint density at radius 1 is 1.36 bits per heavy atom. The Kier molecular flexibility index (Phi) is 4.24. The van der Waals surface area contributed by atoms with Crippen LogP contribution in [0.1, 0.15) is 39.5 Å². The molecular weight excluding hydrogens is 198 g/mol. The maximum atomic E-state index is 11.6. The zero-order chi connectivity index (χ0) is 10.7. The summed E-state index contributed by atoms with van der Waals surface area (Å²) < 4.78 is 0. The lowest BCUT2D eigenvalue weighted by molar-refractivity contribution is -0.132. The average Bonchev–Trinajstić information content (AvgIpc) is 2.16. The number of carbonyl (C=O) groups excluding carboxylic acids is 1. The summed E-state index contributed by atoms with van der Waals surface area (Å²) in [6, 6.07) is 0.417. The molecule has 1 atom stereocenters. The Balaban J connectivity index is 2.45. The second-order valence-corrected chi connectivity index (χ2v) is 5.13. The molecule has 0 radical (unpaired) electrons. The lowest BCUT2D eigenvalue weighted by atomic mass is 9.86. The van der Waals surface area contributed by atoms with Gasteiger partial charge in [-0.2, -0.15) is 0 Å². The molecule has 1 saturated carbocycles. The van der Waals surface area contributed by atoms with Gasteiger partial charge in [-0.25, -0.2) is 0 Å². The van der Waals surface area contributed by atoms with Crippen molar-refractivity contribution in [3.8, 4) is 0 Å². The molecule has 0 bridgehead atoms. The van der Waals surface area contributed by atoms with Crippen molar-refractivity contribution >= 4 is 17.5 Å². The van der Waals surface area contributed by atoms with E-state index in [1.807, 2.05) is 11.9 Å². The lowest BCUT2D eigenvalue weighted by Crippen LogP contribution is -2.42. The van der Waals surface area contributed by atoms with Gasteiger partial charge in [-0.05, 0) is 38.5 Å². The molecule has 0 aliphatic heterocycles. The summed E-state index contributed by atoms with van der Waals surface area (Å²) in [5.41, 5.74) is 0. The van der Waals surface area contributed by atoms with Crippen LogP contribution in [0.2, 0.25) is 0 Å². The van der Waals surface area contributed by atoms with Crippen molar-refractivity contribution in [3.05, 3.63) is 0 Å². The van der Waals surface area contributed by atoms with E-state index in [1.165, 1.54) is 12.8 Å². The van der Waals surface area contributed by atoms with Crippen molar-refractivity contribution < 1.29 is 4.79 Å². The standard InChI is InChI=1S/C11H20ClNO/c1-8-4-6-10(7-5-8)13(3)11(14)9(2)12/h8-10H,4-7H2,1-3H3. The van der Waals surface area contributed by atoms with E-state index >= 15 is 0 Å². The number of hydrogen-bond acceptors (Lipinski definition) is 1. The van der Waals surface area contributed by atoms with Gasteiger partial charge in [0.1, 0.15) is 5.38 Å². The van der Waals surface area contributed by atoms with Crippen LogP contribution in [0, 0.1) is 5.92 Å². The molecule has 1 fully saturated rings. The third-order valence-corrected chi connectivity index (χ3v) is 3.41. The van der Waals surface area contributed by atoms with Crippen LogP contribution < -0.4 is 0 Å². The molecule has 0 aromatic rings. The minimum atomic E-state index is -0.389. The van der Waals surface area contributed by atoms with Gasteiger partial charge in [0.2, 0.25) is 5.91 Å². The molecule has 14 heavy (non-hydrogen) atoms. The minimum absolute atomic E-state index is 0.0613. The highest BCUT2D eigenvalue weighted by Gasteiger charge is 2.26. The zero-order valence-electron chi connectivity index (χ0n) is 9.29. The van der Waals surface area contributed by atoms with Crippen molar-refractivity contribution in [1.29, 1.82) is 0 Å². The monoisotopic (exact) mass is 217 g/mol. The summed E-state index contributed by atoms with van der Waals surface area (Å²) in [6.45, 7) is 4.02. The number of hydrogen-bond donors (Lipinski definition) is 0. The van der Waals surface area contributed by atoms with Gasteiger partial charge in [0, 0.05) is 13.1 Å². The highest BCUT2D eigenvalue weighted by atomic mass is 35.5. The van der Waals surface area contributed by atoms with Gasteiger partial charge in [0.05, 0.1) is 0 Å². The molecular formula is C11H20ClNO. The van der Waals surface area contributed by atoms with E-state index in [4.69, 9.17) is 11.6 Å². The smallest absolute Gasteiger partial charge is 0.240 e. The van der Waals surface area contributed by atoms with Gasteiger partial charge in [0.25, 0.3) is 0 Å². The molecule has 0 spiro atoms. The van der Waals surface area contributed by atoms with Crippen LogP contribution in [0.3, 0.4) is 0 Å². The number of amides is 1. The second kappa shape index (κ2) is 5.01. The van der Waals surface area contributed by atoms with Crippen molar-refractivity contribution in [2.75, 3.05) is 7.05 Å². The van der Waals surface area contributed by atoms with E-state index in [0.717, 1.165) is 18.8 Å². The second-order valence-electron chi connectivity index (χ2n) is 4.48. The van der Waals surface area contributed by atoms with Crippen molar-refractivity contribution in [2.24, 2.45) is 5.92 Å². The summed E-state index contributed by atoms with van der Waals surface area (Å²) >= 11 is 5.78. The zero-order valence-corrected chi connectivity index (χ0v) is 10.0. The molecule has 3 heteroatoms. The van der Waals surface area contributed by atoms with Crippen LogP contribution >= 0.6 is 11.6 Å². The first kappa shape index (κ1) is 11.8. The Morgan fingerprint density at radius 2 is 1.86 bits per heavy atom. The van der Waals surface area contributed by atoms with E-state index in [1.54, 1.807) is 6.92 Å². The first-order chi connectivity index (χ1) is 6.52. The van der Waals surface area contributed by atoms with E-state index in [0.29, 0.717) is 6.04 Å². The van der Waals surface area contributed by atoms with Crippen LogP contribution in [-0.4, -0.2) is 29.3 Å². The van der Waals surface area contributed by atoms with Crippen LogP contribution in [0.25, 0.3) is 0 Å². The molecule has 0 aromatic heterocycles. The fourth-order valence-electron chi connectivity index (χ4n) is 2.09. The molecule has 0 saturated heterocycles. The highest BCUT2D eigenvalue weighted by Crippen LogP contribution is 2.26. The quantitative estimate of drug-likeness (QED) is 0.652. The van der Waals surface area contributed by atoms with E-state index in [9.17, 15) is 4.79 Å². The molecule has 2 nitrogen and oxygen atoms in total. The summed E-state index contributed by atoms with van der Waals surface area (Å²) in [4.78, 5) is 13.5. The van der Waals surface area contributed by atoms with Gasteiger partial charge in [-0.3, -0.25) is 4.79 Å². The largest absolute Gasteiger partial charge is 0.342 e. The minimum Gasteiger partial charge on any atom is -0.342 e. The Labute approximate surface area is 91.6 Å². The summed E-state index contributed by atoms with van der Waals surface area (Å²) in [7, 11) is 1.88. The van der Waals surface area contributed by atoms with E-state index < -0.39 is 0 Å². The predicted molar refractivity (Wildman–Crippen MR) is 59.5 cm³/mol. The van der Waals surface area contributed by atoms with Crippen LogP contribution in [0.4, 0.5) is 0 Å². The molecule has 1 aliphatic rings. The third-order valence-electron chi connectivity index (χ3n) is 3.22. The topological polar surface area (TPSA) is 20.3 Å². The van der Waals surface area contributed by atoms with E-state index in [-0.39, 0.29) is 11.3 Å². The van der Waals surface area contributed by atoms with Gasteiger partial charge in [-0.15, -0.1) is 11.6 Å². The fraction of sp³-hybridized carbons (Fsp3) is 0.909. The maximum Gasteiger partial charge on any atom is 0.240 e. The number of alkyl halides is 1. The molecule has 0 heterocycles. The molecule has 0 N–H and O–H groups in total. The SMILES string of the molecule is CC1CCC(N(C)C(=O)C(C)Cl)CC1. The van der Waals surface area contributed by atoms with Crippen LogP contribution in [-0.2, 0) is 4.79 Å². The lowest BCUT2D eigenvalue weighted by Gasteiger charge is -2.34. The Hall–Kier alpha value is -0.240. The average molecular weight is 218 g/mol. The molecule has 82 valence electrons.